The highest BCUT2D eigenvalue weighted by Crippen LogP contribution is 2.29. The van der Waals surface area contributed by atoms with Gasteiger partial charge in [-0.2, -0.15) is 0 Å². The van der Waals surface area contributed by atoms with Gasteiger partial charge >= 0.3 is 0 Å². The number of aromatic amines is 1. The second kappa shape index (κ2) is 7.88. The molecule has 0 aliphatic heterocycles. The number of fused-ring (bicyclic) bond motifs is 3. The Hall–Kier alpha value is -3.46. The Morgan fingerprint density at radius 1 is 1.31 bits per heavy atom. The maximum atomic E-state index is 12.2. The van der Waals surface area contributed by atoms with Crippen LogP contribution in [0.3, 0.4) is 0 Å². The van der Waals surface area contributed by atoms with Gasteiger partial charge in [-0.3, -0.25) is 9.78 Å². The number of imidazole rings is 1. The van der Waals surface area contributed by atoms with Crippen LogP contribution in [0.1, 0.15) is 35.4 Å². The van der Waals surface area contributed by atoms with Crippen LogP contribution in [0, 0.1) is 0 Å². The molecule has 0 spiro atoms. The number of H-pyrrole nitrogens is 1. The van der Waals surface area contributed by atoms with Gasteiger partial charge in [-0.1, -0.05) is 6.92 Å². The SMILES string of the molecule is CC(CCN)c1nc2cccnc2c2c1ncn2CCNC(=O)c1ccc(O)[nH]1. The maximum Gasteiger partial charge on any atom is 0.267 e. The predicted molar refractivity (Wildman–Crippen MR) is 110 cm³/mol. The number of aromatic nitrogens is 5. The minimum Gasteiger partial charge on any atom is -0.495 e. The first-order chi connectivity index (χ1) is 14.1. The quantitative estimate of drug-likeness (QED) is 0.379. The van der Waals surface area contributed by atoms with Gasteiger partial charge in [-0.05, 0) is 31.2 Å². The van der Waals surface area contributed by atoms with Crippen molar-refractivity contribution in [1.29, 1.82) is 0 Å². The van der Waals surface area contributed by atoms with E-state index in [1.807, 2.05) is 16.7 Å². The van der Waals surface area contributed by atoms with Crippen molar-refractivity contribution in [2.75, 3.05) is 13.1 Å². The molecule has 0 saturated carbocycles. The zero-order chi connectivity index (χ0) is 20.4. The average molecular weight is 393 g/mol. The zero-order valence-electron chi connectivity index (χ0n) is 16.1. The summed E-state index contributed by atoms with van der Waals surface area (Å²) in [5, 5.41) is 12.2. The molecule has 1 atom stereocenters. The second-order valence-corrected chi connectivity index (χ2v) is 6.99. The Balaban J connectivity index is 1.64. The van der Waals surface area contributed by atoms with Crippen molar-refractivity contribution in [3.05, 3.63) is 48.2 Å². The van der Waals surface area contributed by atoms with Crippen LogP contribution in [0.15, 0.2) is 36.8 Å². The smallest absolute Gasteiger partial charge is 0.267 e. The van der Waals surface area contributed by atoms with Gasteiger partial charge in [0.05, 0.1) is 23.1 Å². The van der Waals surface area contributed by atoms with Crippen molar-refractivity contribution in [2.24, 2.45) is 5.73 Å². The Kier molecular flexibility index (Phi) is 5.13. The minimum absolute atomic E-state index is 0.0417. The van der Waals surface area contributed by atoms with E-state index in [9.17, 15) is 9.90 Å². The molecule has 0 radical (unpaired) electrons. The molecule has 0 bridgehead atoms. The van der Waals surface area contributed by atoms with Gasteiger partial charge in [0.1, 0.15) is 16.7 Å². The molecule has 0 aliphatic carbocycles. The summed E-state index contributed by atoms with van der Waals surface area (Å²) in [7, 11) is 0. The van der Waals surface area contributed by atoms with Crippen LogP contribution in [-0.2, 0) is 6.54 Å². The van der Waals surface area contributed by atoms with Gasteiger partial charge < -0.3 is 25.7 Å². The second-order valence-electron chi connectivity index (χ2n) is 6.99. The van der Waals surface area contributed by atoms with Gasteiger partial charge in [0.2, 0.25) is 0 Å². The molecule has 4 aromatic heterocycles. The molecule has 1 unspecified atom stereocenters. The molecule has 29 heavy (non-hydrogen) atoms. The summed E-state index contributed by atoms with van der Waals surface area (Å²) in [6.07, 6.45) is 4.31. The van der Waals surface area contributed by atoms with E-state index in [2.05, 4.69) is 27.2 Å². The number of aromatic hydroxyl groups is 1. The third-order valence-electron chi connectivity index (χ3n) is 4.95. The standard InChI is InChI=1S/C20H23N7O2/c1-12(6-7-21)16-18-19(17-13(26-16)3-2-8-22-17)27(11-24-18)10-9-23-20(29)14-4-5-15(28)25-14/h2-5,8,11-12,25,28H,6-7,9-10,21H2,1H3,(H,23,29). The summed E-state index contributed by atoms with van der Waals surface area (Å²) in [5.74, 6) is -0.146. The van der Waals surface area contributed by atoms with Crippen LogP contribution in [0.5, 0.6) is 5.88 Å². The molecule has 1 amide bonds. The van der Waals surface area contributed by atoms with E-state index in [-0.39, 0.29) is 17.7 Å². The summed E-state index contributed by atoms with van der Waals surface area (Å²) in [4.78, 5) is 28.7. The summed E-state index contributed by atoms with van der Waals surface area (Å²) >= 11 is 0. The summed E-state index contributed by atoms with van der Waals surface area (Å²) in [5.41, 5.74) is 10.3. The number of hydrogen-bond acceptors (Lipinski definition) is 6. The number of carbonyl (C=O) groups excluding carboxylic acids is 1. The highest BCUT2D eigenvalue weighted by Gasteiger charge is 2.18. The lowest BCUT2D eigenvalue weighted by atomic mass is 10.0. The largest absolute Gasteiger partial charge is 0.495 e. The van der Waals surface area contributed by atoms with Crippen LogP contribution in [0.4, 0.5) is 0 Å². The highest BCUT2D eigenvalue weighted by atomic mass is 16.3. The zero-order valence-corrected chi connectivity index (χ0v) is 16.1. The Bertz CT molecular complexity index is 1160. The molecule has 4 aromatic rings. The Labute approximate surface area is 167 Å². The fourth-order valence-electron chi connectivity index (χ4n) is 3.47. The molecule has 0 aromatic carbocycles. The molecule has 4 rings (SSSR count). The van der Waals surface area contributed by atoms with Crippen LogP contribution < -0.4 is 11.1 Å². The van der Waals surface area contributed by atoms with Crippen molar-refractivity contribution in [2.45, 2.75) is 25.8 Å². The minimum atomic E-state index is -0.281. The Morgan fingerprint density at radius 3 is 2.93 bits per heavy atom. The van der Waals surface area contributed by atoms with Crippen molar-refractivity contribution in [3.8, 4) is 5.88 Å². The average Bonchev–Trinajstić information content (AvgIpc) is 3.34. The molecule has 5 N–H and O–H groups in total. The van der Waals surface area contributed by atoms with E-state index in [0.29, 0.717) is 25.3 Å². The molecule has 9 nitrogen and oxygen atoms in total. The number of hydrogen-bond donors (Lipinski definition) is 4. The van der Waals surface area contributed by atoms with E-state index in [4.69, 9.17) is 10.7 Å². The van der Waals surface area contributed by atoms with Crippen LogP contribution >= 0.6 is 0 Å². The predicted octanol–water partition coefficient (Wildman–Crippen LogP) is 1.90. The van der Waals surface area contributed by atoms with Crippen LogP contribution in [-0.4, -0.2) is 48.6 Å². The van der Waals surface area contributed by atoms with Crippen LogP contribution in [0.2, 0.25) is 0 Å². The normalized spacial score (nSPS) is 12.5. The third-order valence-corrected chi connectivity index (χ3v) is 4.95. The lowest BCUT2D eigenvalue weighted by molar-refractivity contribution is 0.0947. The monoisotopic (exact) mass is 393 g/mol. The number of rotatable bonds is 7. The number of carbonyl (C=O) groups is 1. The summed E-state index contributed by atoms with van der Waals surface area (Å²) in [6.45, 7) is 3.60. The molecule has 0 aliphatic rings. The number of nitrogens with one attached hydrogen (secondary N) is 2. The van der Waals surface area contributed by atoms with Gasteiger partial charge in [0.15, 0.2) is 5.88 Å². The van der Waals surface area contributed by atoms with Crippen LogP contribution in [0.25, 0.3) is 22.1 Å². The molecular weight excluding hydrogens is 370 g/mol. The first-order valence-electron chi connectivity index (χ1n) is 9.54. The third kappa shape index (κ3) is 3.64. The van der Waals surface area contributed by atoms with E-state index in [0.717, 1.165) is 34.2 Å². The van der Waals surface area contributed by atoms with Crippen molar-refractivity contribution in [3.63, 3.8) is 0 Å². The van der Waals surface area contributed by atoms with E-state index in [1.54, 1.807) is 12.5 Å². The fraction of sp³-hybridized carbons (Fsp3) is 0.300. The lowest BCUT2D eigenvalue weighted by Gasteiger charge is -2.13. The number of pyridine rings is 2. The van der Waals surface area contributed by atoms with E-state index >= 15 is 0 Å². The van der Waals surface area contributed by atoms with Gasteiger partial charge in [0.25, 0.3) is 5.91 Å². The van der Waals surface area contributed by atoms with Gasteiger partial charge in [-0.25, -0.2) is 9.97 Å². The Morgan fingerprint density at radius 2 is 2.17 bits per heavy atom. The summed E-state index contributed by atoms with van der Waals surface area (Å²) in [6, 6.07) is 6.78. The molecule has 9 heteroatoms. The summed E-state index contributed by atoms with van der Waals surface area (Å²) < 4.78 is 1.98. The first kappa shape index (κ1) is 18.9. The fourth-order valence-corrected chi connectivity index (χ4v) is 3.47. The molecule has 4 heterocycles. The van der Waals surface area contributed by atoms with E-state index in [1.165, 1.54) is 12.1 Å². The highest BCUT2D eigenvalue weighted by molar-refractivity contribution is 6.00. The molecule has 150 valence electrons. The lowest BCUT2D eigenvalue weighted by Crippen LogP contribution is -2.27. The number of nitrogens with two attached hydrogens (primary N) is 1. The van der Waals surface area contributed by atoms with E-state index < -0.39 is 0 Å². The number of nitrogens with zero attached hydrogens (tertiary/aromatic N) is 4. The molecule has 0 saturated heterocycles. The molecule has 0 fully saturated rings. The van der Waals surface area contributed by atoms with Gasteiger partial charge in [0, 0.05) is 31.3 Å². The van der Waals surface area contributed by atoms with Crippen molar-refractivity contribution >= 4 is 28.0 Å². The van der Waals surface area contributed by atoms with Gasteiger partial charge in [-0.15, -0.1) is 0 Å². The van der Waals surface area contributed by atoms with Crippen molar-refractivity contribution < 1.29 is 9.90 Å². The van der Waals surface area contributed by atoms with Crippen molar-refractivity contribution in [1.82, 2.24) is 29.8 Å². The maximum absolute atomic E-state index is 12.2. The molecular formula is C20H23N7O2. The number of amides is 1. The topological polar surface area (TPSA) is 135 Å². The first-order valence-corrected chi connectivity index (χ1v) is 9.54.